The van der Waals surface area contributed by atoms with Gasteiger partial charge >= 0.3 is 5.97 Å². The van der Waals surface area contributed by atoms with E-state index in [4.69, 9.17) is 4.74 Å². The van der Waals surface area contributed by atoms with Crippen LogP contribution in [-0.2, 0) is 20.9 Å². The van der Waals surface area contributed by atoms with Gasteiger partial charge in [0.25, 0.3) is 0 Å². The monoisotopic (exact) mass is 387 g/mol. The smallest absolute Gasteiger partial charge is 0.337 e. The predicted octanol–water partition coefficient (Wildman–Crippen LogP) is 4.71. The maximum Gasteiger partial charge on any atom is 0.337 e. The summed E-state index contributed by atoms with van der Waals surface area (Å²) in [6.07, 6.45) is 2.19. The second kappa shape index (κ2) is 8.08. The molecular formula is C25H25NO3. The predicted molar refractivity (Wildman–Crippen MR) is 112 cm³/mol. The Morgan fingerprint density at radius 2 is 1.76 bits per heavy atom. The zero-order valence-corrected chi connectivity index (χ0v) is 16.8. The number of rotatable bonds is 4. The highest BCUT2D eigenvalue weighted by Crippen LogP contribution is 2.42. The molecule has 2 aliphatic rings. The Balaban J connectivity index is 1.70. The van der Waals surface area contributed by atoms with E-state index in [9.17, 15) is 9.59 Å². The molecule has 148 valence electrons. The maximum atomic E-state index is 13.2. The normalized spacial score (nSPS) is 19.0. The molecule has 0 saturated heterocycles. The summed E-state index contributed by atoms with van der Waals surface area (Å²) in [6.45, 7) is 4.12. The second-order valence-corrected chi connectivity index (χ2v) is 7.74. The molecule has 0 aromatic heterocycles. The fourth-order valence-corrected chi connectivity index (χ4v) is 4.15. The third-order valence-electron chi connectivity index (χ3n) is 5.62. The van der Waals surface area contributed by atoms with Gasteiger partial charge in [0, 0.05) is 29.3 Å². The molecule has 1 N–H and O–H groups in total. The van der Waals surface area contributed by atoms with Crippen LogP contribution >= 0.6 is 0 Å². The van der Waals surface area contributed by atoms with Crippen molar-refractivity contribution in [3.63, 3.8) is 0 Å². The van der Waals surface area contributed by atoms with E-state index >= 15 is 0 Å². The van der Waals surface area contributed by atoms with E-state index in [0.29, 0.717) is 12.0 Å². The molecule has 0 spiro atoms. The molecule has 4 heteroatoms. The third-order valence-corrected chi connectivity index (χ3v) is 5.62. The lowest BCUT2D eigenvalue weighted by atomic mass is 9.75. The molecule has 0 bridgehead atoms. The highest BCUT2D eigenvalue weighted by atomic mass is 16.5. The van der Waals surface area contributed by atoms with Gasteiger partial charge < -0.3 is 10.1 Å². The Hall–Kier alpha value is -3.14. The number of dihydropyridines is 1. The van der Waals surface area contributed by atoms with E-state index in [-0.39, 0.29) is 24.3 Å². The summed E-state index contributed by atoms with van der Waals surface area (Å²) in [4.78, 5) is 26.0. The molecule has 1 atom stereocenters. The zero-order valence-electron chi connectivity index (χ0n) is 16.8. The van der Waals surface area contributed by atoms with E-state index < -0.39 is 0 Å². The molecule has 0 amide bonds. The van der Waals surface area contributed by atoms with Crippen LogP contribution in [0.2, 0.25) is 0 Å². The van der Waals surface area contributed by atoms with Gasteiger partial charge in [-0.3, -0.25) is 4.79 Å². The molecule has 4 rings (SSSR count). The summed E-state index contributed by atoms with van der Waals surface area (Å²) < 4.78 is 5.66. The highest BCUT2D eigenvalue weighted by molar-refractivity contribution is 6.03. The molecule has 1 aliphatic heterocycles. The van der Waals surface area contributed by atoms with Gasteiger partial charge in [0.2, 0.25) is 0 Å². The van der Waals surface area contributed by atoms with Gasteiger partial charge in [-0.2, -0.15) is 0 Å². The van der Waals surface area contributed by atoms with Gasteiger partial charge in [-0.1, -0.05) is 60.2 Å². The van der Waals surface area contributed by atoms with Crippen molar-refractivity contribution in [3.8, 4) is 0 Å². The minimum atomic E-state index is -0.386. The third kappa shape index (κ3) is 3.88. The number of hydrogen-bond acceptors (Lipinski definition) is 4. The number of ether oxygens (including phenoxy) is 1. The molecule has 0 radical (unpaired) electrons. The first-order valence-electron chi connectivity index (χ1n) is 10.1. The SMILES string of the molecule is CC1=C(C(=O)OCc2ccccc2)[C@@H](c2ccc(C)cc2)C2=C(CCCC2=O)N1. The average Bonchev–Trinajstić information content (AvgIpc) is 2.72. The topological polar surface area (TPSA) is 55.4 Å². The summed E-state index contributed by atoms with van der Waals surface area (Å²) in [5, 5.41) is 3.33. The van der Waals surface area contributed by atoms with Crippen LogP contribution in [0.1, 0.15) is 48.8 Å². The zero-order chi connectivity index (χ0) is 20.4. The number of esters is 1. The van der Waals surface area contributed by atoms with E-state index in [2.05, 4.69) is 5.32 Å². The van der Waals surface area contributed by atoms with Crippen molar-refractivity contribution >= 4 is 11.8 Å². The van der Waals surface area contributed by atoms with Crippen molar-refractivity contribution in [2.45, 2.75) is 45.6 Å². The molecule has 2 aromatic carbocycles. The summed E-state index contributed by atoms with van der Waals surface area (Å²) in [7, 11) is 0. The summed E-state index contributed by atoms with van der Waals surface area (Å²) >= 11 is 0. The van der Waals surface area contributed by atoms with Crippen molar-refractivity contribution in [3.05, 3.63) is 93.8 Å². The second-order valence-electron chi connectivity index (χ2n) is 7.74. The molecule has 0 saturated carbocycles. The fraction of sp³-hybridized carbons (Fsp3) is 0.280. The van der Waals surface area contributed by atoms with Crippen LogP contribution in [0, 0.1) is 6.92 Å². The van der Waals surface area contributed by atoms with Crippen LogP contribution in [0.15, 0.2) is 77.1 Å². The van der Waals surface area contributed by atoms with Crippen LogP contribution < -0.4 is 5.32 Å². The van der Waals surface area contributed by atoms with Gasteiger partial charge in [-0.05, 0) is 37.8 Å². The Bertz CT molecular complexity index is 1000. The van der Waals surface area contributed by atoms with Gasteiger partial charge in [0.05, 0.1) is 5.57 Å². The molecule has 0 fully saturated rings. The quantitative estimate of drug-likeness (QED) is 0.772. The molecule has 1 heterocycles. The lowest BCUT2D eigenvalue weighted by molar-refractivity contribution is -0.140. The van der Waals surface area contributed by atoms with Crippen LogP contribution in [0.25, 0.3) is 0 Å². The lowest BCUT2D eigenvalue weighted by Crippen LogP contribution is -2.34. The number of carbonyl (C=O) groups is 2. The Labute approximate surface area is 171 Å². The number of benzene rings is 2. The Morgan fingerprint density at radius 1 is 1.03 bits per heavy atom. The van der Waals surface area contributed by atoms with Crippen molar-refractivity contribution in [1.82, 2.24) is 5.32 Å². The number of Topliss-reactive ketones (excluding diaryl/α,β-unsaturated/α-hetero) is 1. The standard InChI is InChI=1S/C25H25NO3/c1-16-11-13-19(14-12-16)23-22(25(28)29-15-18-7-4-3-5-8-18)17(2)26-20-9-6-10-21(27)24(20)23/h3-5,7-8,11-14,23,26H,6,9-10,15H2,1-2H3/t23-/m1/s1. The molecule has 29 heavy (non-hydrogen) atoms. The maximum absolute atomic E-state index is 13.2. The van der Waals surface area contributed by atoms with Gasteiger partial charge in [-0.15, -0.1) is 0 Å². The first kappa shape index (κ1) is 19.2. The number of aryl methyl sites for hydroxylation is 1. The first-order valence-corrected chi connectivity index (χ1v) is 10.1. The van der Waals surface area contributed by atoms with Crippen molar-refractivity contribution in [1.29, 1.82) is 0 Å². The largest absolute Gasteiger partial charge is 0.457 e. The Morgan fingerprint density at radius 3 is 2.48 bits per heavy atom. The number of carbonyl (C=O) groups excluding carboxylic acids is 2. The molecule has 2 aromatic rings. The van der Waals surface area contributed by atoms with Gasteiger partial charge in [0.15, 0.2) is 5.78 Å². The molecular weight excluding hydrogens is 362 g/mol. The summed E-state index contributed by atoms with van der Waals surface area (Å²) in [5.41, 5.74) is 5.98. The fourth-order valence-electron chi connectivity index (χ4n) is 4.15. The van der Waals surface area contributed by atoms with Crippen molar-refractivity contribution in [2.75, 3.05) is 0 Å². The number of hydrogen-bond donors (Lipinski definition) is 1. The molecule has 1 aliphatic carbocycles. The van der Waals surface area contributed by atoms with E-state index in [0.717, 1.165) is 46.5 Å². The highest BCUT2D eigenvalue weighted by Gasteiger charge is 2.39. The average molecular weight is 387 g/mol. The van der Waals surface area contributed by atoms with E-state index in [1.807, 2.05) is 68.4 Å². The minimum Gasteiger partial charge on any atom is -0.457 e. The van der Waals surface area contributed by atoms with Crippen LogP contribution in [0.3, 0.4) is 0 Å². The van der Waals surface area contributed by atoms with Gasteiger partial charge in [0.1, 0.15) is 6.61 Å². The van der Waals surface area contributed by atoms with Crippen LogP contribution in [-0.4, -0.2) is 11.8 Å². The van der Waals surface area contributed by atoms with Crippen molar-refractivity contribution in [2.24, 2.45) is 0 Å². The van der Waals surface area contributed by atoms with E-state index in [1.54, 1.807) is 0 Å². The summed E-state index contributed by atoms with van der Waals surface area (Å²) in [5.74, 6) is -0.651. The minimum absolute atomic E-state index is 0.116. The number of allylic oxidation sites excluding steroid dienone is 3. The van der Waals surface area contributed by atoms with Gasteiger partial charge in [-0.25, -0.2) is 4.79 Å². The molecule has 4 nitrogen and oxygen atoms in total. The van der Waals surface area contributed by atoms with E-state index in [1.165, 1.54) is 0 Å². The van der Waals surface area contributed by atoms with Crippen molar-refractivity contribution < 1.29 is 14.3 Å². The van der Waals surface area contributed by atoms with Crippen LogP contribution in [0.4, 0.5) is 0 Å². The Kier molecular flexibility index (Phi) is 5.34. The molecule has 0 unspecified atom stereocenters. The lowest BCUT2D eigenvalue weighted by Gasteiger charge is -2.34. The summed E-state index contributed by atoms with van der Waals surface area (Å²) in [6, 6.07) is 17.7. The first-order chi connectivity index (χ1) is 14.0. The number of nitrogens with one attached hydrogen (secondary N) is 1. The number of ketones is 1. The van der Waals surface area contributed by atoms with Crippen LogP contribution in [0.5, 0.6) is 0 Å².